The van der Waals surface area contributed by atoms with E-state index in [0.29, 0.717) is 24.3 Å². The SMILES string of the molecule is CCCCCCCCOC(=O)c1ccccc1C(=O)OCCCCCCCC.NCCCCN.OCCCCO. The maximum atomic E-state index is 12.4. The number of aliphatic hydroxyl groups excluding tert-OH is 2. The van der Waals surface area contributed by atoms with Crippen molar-refractivity contribution in [3.8, 4) is 0 Å². The maximum Gasteiger partial charge on any atom is 0.339 e. The Kier molecular flexibility index (Phi) is 33.3. The summed E-state index contributed by atoms with van der Waals surface area (Å²) in [6.07, 6.45) is 17.2. The van der Waals surface area contributed by atoms with Gasteiger partial charge in [-0.1, -0.05) is 90.2 Å². The molecule has 0 fully saturated rings. The molecule has 0 saturated heterocycles. The molecule has 8 heteroatoms. The molecule has 0 aliphatic heterocycles. The molecule has 0 heterocycles. The van der Waals surface area contributed by atoms with Crippen molar-refractivity contribution in [2.45, 2.75) is 117 Å². The quantitative estimate of drug-likeness (QED) is 0.0961. The van der Waals surface area contributed by atoms with Crippen LogP contribution in [0.1, 0.15) is 137 Å². The number of hydrogen-bond donors (Lipinski definition) is 4. The Balaban J connectivity index is 0. The number of carbonyl (C=O) groups is 2. The fourth-order valence-corrected chi connectivity index (χ4v) is 3.60. The van der Waals surface area contributed by atoms with E-state index in [0.717, 1.165) is 64.5 Å². The first-order chi connectivity index (χ1) is 19.5. The minimum atomic E-state index is -0.444. The number of benzene rings is 1. The molecular formula is C32H60N2O6. The van der Waals surface area contributed by atoms with Gasteiger partial charge in [-0.05, 0) is 63.7 Å². The number of esters is 2. The van der Waals surface area contributed by atoms with Gasteiger partial charge in [0.15, 0.2) is 0 Å². The molecule has 0 bridgehead atoms. The summed E-state index contributed by atoms with van der Waals surface area (Å²) >= 11 is 0. The summed E-state index contributed by atoms with van der Waals surface area (Å²) in [5.41, 5.74) is 10.9. The Hall–Kier alpha value is -2.00. The highest BCUT2D eigenvalue weighted by Crippen LogP contribution is 2.14. The molecule has 0 aliphatic carbocycles. The van der Waals surface area contributed by atoms with Crippen LogP contribution in [0, 0.1) is 0 Å². The summed E-state index contributed by atoms with van der Waals surface area (Å²) in [5.74, 6) is -0.888. The van der Waals surface area contributed by atoms with Crippen molar-refractivity contribution in [1.29, 1.82) is 0 Å². The first kappa shape index (κ1) is 40.1. The fourth-order valence-electron chi connectivity index (χ4n) is 3.60. The van der Waals surface area contributed by atoms with Crippen molar-refractivity contribution in [1.82, 2.24) is 0 Å². The van der Waals surface area contributed by atoms with Gasteiger partial charge in [-0.15, -0.1) is 0 Å². The Morgan fingerprint density at radius 2 is 0.925 bits per heavy atom. The van der Waals surface area contributed by atoms with Gasteiger partial charge < -0.3 is 31.2 Å². The van der Waals surface area contributed by atoms with Crippen molar-refractivity contribution in [2.24, 2.45) is 11.5 Å². The molecule has 0 radical (unpaired) electrons. The molecule has 0 saturated carbocycles. The minimum Gasteiger partial charge on any atom is -0.462 e. The molecule has 0 amide bonds. The van der Waals surface area contributed by atoms with Crippen LogP contribution in [0.25, 0.3) is 0 Å². The van der Waals surface area contributed by atoms with Crippen LogP contribution < -0.4 is 11.5 Å². The average Bonchev–Trinajstić information content (AvgIpc) is 2.98. The lowest BCUT2D eigenvalue weighted by Crippen LogP contribution is -2.15. The van der Waals surface area contributed by atoms with E-state index >= 15 is 0 Å². The van der Waals surface area contributed by atoms with Crippen LogP contribution >= 0.6 is 0 Å². The monoisotopic (exact) mass is 568 g/mol. The second kappa shape index (κ2) is 33.2. The Morgan fingerprint density at radius 1 is 0.575 bits per heavy atom. The molecular weight excluding hydrogens is 508 g/mol. The van der Waals surface area contributed by atoms with E-state index in [1.165, 1.54) is 51.4 Å². The van der Waals surface area contributed by atoms with E-state index in [1.807, 2.05) is 0 Å². The van der Waals surface area contributed by atoms with Crippen molar-refractivity contribution >= 4 is 11.9 Å². The van der Waals surface area contributed by atoms with Crippen LogP contribution in [0.3, 0.4) is 0 Å². The smallest absolute Gasteiger partial charge is 0.339 e. The normalized spacial score (nSPS) is 10.2. The van der Waals surface area contributed by atoms with Crippen LogP contribution in [-0.2, 0) is 9.47 Å². The van der Waals surface area contributed by atoms with Gasteiger partial charge >= 0.3 is 11.9 Å². The topological polar surface area (TPSA) is 145 Å². The molecule has 234 valence electrons. The fraction of sp³-hybridized carbons (Fsp3) is 0.750. The molecule has 8 nitrogen and oxygen atoms in total. The highest BCUT2D eigenvalue weighted by atomic mass is 16.5. The zero-order valence-electron chi connectivity index (χ0n) is 25.5. The molecule has 1 rings (SSSR count). The number of carbonyl (C=O) groups excluding carboxylic acids is 2. The molecule has 6 N–H and O–H groups in total. The van der Waals surface area contributed by atoms with Crippen LogP contribution in [-0.4, -0.2) is 61.7 Å². The summed E-state index contributed by atoms with van der Waals surface area (Å²) in [4.78, 5) is 24.7. The Bertz CT molecular complexity index is 622. The third-order valence-corrected chi connectivity index (χ3v) is 6.05. The molecule has 0 atom stereocenters. The molecule has 40 heavy (non-hydrogen) atoms. The Morgan fingerprint density at radius 3 is 1.25 bits per heavy atom. The van der Waals surface area contributed by atoms with E-state index in [4.69, 9.17) is 31.2 Å². The second-order valence-corrected chi connectivity index (χ2v) is 9.79. The summed E-state index contributed by atoms with van der Waals surface area (Å²) in [6, 6.07) is 6.74. The first-order valence-corrected chi connectivity index (χ1v) is 15.6. The second-order valence-electron chi connectivity index (χ2n) is 9.79. The van der Waals surface area contributed by atoms with Gasteiger partial charge in [0, 0.05) is 13.2 Å². The number of unbranched alkanes of at least 4 members (excludes halogenated alkanes) is 12. The first-order valence-electron chi connectivity index (χ1n) is 15.6. The molecule has 0 aliphatic rings. The van der Waals surface area contributed by atoms with Crippen molar-refractivity contribution < 1.29 is 29.3 Å². The zero-order valence-corrected chi connectivity index (χ0v) is 25.5. The van der Waals surface area contributed by atoms with Crippen molar-refractivity contribution in [3.05, 3.63) is 35.4 Å². The predicted octanol–water partition coefficient (Wildman–Crippen LogP) is 6.16. The zero-order chi connectivity index (χ0) is 30.1. The third-order valence-electron chi connectivity index (χ3n) is 6.05. The molecule has 1 aromatic carbocycles. The van der Waals surface area contributed by atoms with Crippen LogP contribution in [0.2, 0.25) is 0 Å². The highest BCUT2D eigenvalue weighted by Gasteiger charge is 2.18. The standard InChI is InChI=1S/C24H38O4.C4H12N2.C4H10O2/c1-3-5-7-9-11-15-19-27-23(25)21-17-13-14-18-22(21)24(26)28-20-16-12-10-8-6-4-2;2*5-3-1-2-4-6/h13-14,17-18H,3-12,15-16,19-20H2,1-2H3;1-6H2;5-6H,1-4H2. The third kappa shape index (κ3) is 26.2. The molecule has 1 aromatic rings. The molecule has 0 unspecified atom stereocenters. The van der Waals surface area contributed by atoms with Gasteiger partial charge in [0.2, 0.25) is 0 Å². The van der Waals surface area contributed by atoms with Crippen LogP contribution in [0.4, 0.5) is 0 Å². The summed E-state index contributed by atoms with van der Waals surface area (Å²) in [7, 11) is 0. The summed E-state index contributed by atoms with van der Waals surface area (Å²) in [5, 5.41) is 16.2. The lowest BCUT2D eigenvalue weighted by Gasteiger charge is -2.10. The highest BCUT2D eigenvalue weighted by molar-refractivity contribution is 6.03. The molecule has 0 spiro atoms. The number of rotatable bonds is 22. The number of hydrogen-bond acceptors (Lipinski definition) is 8. The number of aliphatic hydroxyl groups is 2. The minimum absolute atomic E-state index is 0.195. The van der Waals surface area contributed by atoms with E-state index in [-0.39, 0.29) is 13.2 Å². The lowest BCUT2D eigenvalue weighted by atomic mass is 10.1. The van der Waals surface area contributed by atoms with Crippen LogP contribution in [0.15, 0.2) is 24.3 Å². The van der Waals surface area contributed by atoms with E-state index in [9.17, 15) is 9.59 Å². The van der Waals surface area contributed by atoms with E-state index in [2.05, 4.69) is 13.8 Å². The number of ether oxygens (including phenoxy) is 2. The lowest BCUT2D eigenvalue weighted by molar-refractivity contribution is 0.0450. The van der Waals surface area contributed by atoms with Gasteiger partial charge in [-0.25, -0.2) is 9.59 Å². The predicted molar refractivity (Wildman–Crippen MR) is 165 cm³/mol. The van der Waals surface area contributed by atoms with Gasteiger partial charge in [0.1, 0.15) is 0 Å². The van der Waals surface area contributed by atoms with Crippen LogP contribution in [0.5, 0.6) is 0 Å². The van der Waals surface area contributed by atoms with E-state index in [1.54, 1.807) is 24.3 Å². The molecule has 0 aromatic heterocycles. The van der Waals surface area contributed by atoms with Gasteiger partial charge in [0.05, 0.1) is 24.3 Å². The van der Waals surface area contributed by atoms with E-state index < -0.39 is 11.9 Å². The maximum absolute atomic E-state index is 12.4. The largest absolute Gasteiger partial charge is 0.462 e. The van der Waals surface area contributed by atoms with Crippen molar-refractivity contribution in [2.75, 3.05) is 39.5 Å². The Labute approximate surface area is 244 Å². The van der Waals surface area contributed by atoms with Crippen molar-refractivity contribution in [3.63, 3.8) is 0 Å². The average molecular weight is 569 g/mol. The number of nitrogens with two attached hydrogens (primary N) is 2. The van der Waals surface area contributed by atoms with Gasteiger partial charge in [0.25, 0.3) is 0 Å². The summed E-state index contributed by atoms with van der Waals surface area (Å²) in [6.45, 7) is 7.11. The summed E-state index contributed by atoms with van der Waals surface area (Å²) < 4.78 is 10.7. The van der Waals surface area contributed by atoms with Gasteiger partial charge in [-0.2, -0.15) is 0 Å². The van der Waals surface area contributed by atoms with Gasteiger partial charge in [-0.3, -0.25) is 0 Å².